The van der Waals surface area contributed by atoms with E-state index in [2.05, 4.69) is 36.6 Å². The molecule has 29 heavy (non-hydrogen) atoms. The van der Waals surface area contributed by atoms with Gasteiger partial charge in [-0.3, -0.25) is 9.89 Å². The van der Waals surface area contributed by atoms with Crippen LogP contribution in [0, 0.1) is 0 Å². The van der Waals surface area contributed by atoms with E-state index in [0.29, 0.717) is 0 Å². The molecular weight excluding hydrogens is 479 g/mol. The van der Waals surface area contributed by atoms with Crippen molar-refractivity contribution in [1.82, 2.24) is 25.5 Å². The van der Waals surface area contributed by atoms with Crippen LogP contribution in [0.25, 0.3) is 11.0 Å². The zero-order valence-corrected chi connectivity index (χ0v) is 19.1. The molecule has 2 aromatic heterocycles. The molecule has 0 radical (unpaired) electrons. The maximum Gasteiger partial charge on any atom is 0.191 e. The zero-order valence-electron chi connectivity index (χ0n) is 16.7. The van der Waals surface area contributed by atoms with Gasteiger partial charge < -0.3 is 20.0 Å². The summed E-state index contributed by atoms with van der Waals surface area (Å²) in [5.74, 6) is 2.79. The lowest BCUT2D eigenvalue weighted by Gasteiger charge is -2.26. The van der Waals surface area contributed by atoms with Gasteiger partial charge in [0.2, 0.25) is 0 Å². The number of H-pyrrole nitrogens is 1. The van der Waals surface area contributed by atoms with Crippen molar-refractivity contribution in [2.45, 2.75) is 25.3 Å². The maximum atomic E-state index is 5.69. The fourth-order valence-electron chi connectivity index (χ4n) is 3.78. The van der Waals surface area contributed by atoms with E-state index >= 15 is 0 Å². The summed E-state index contributed by atoms with van der Waals surface area (Å²) in [6.45, 7) is 3.75. The summed E-state index contributed by atoms with van der Waals surface area (Å²) in [7, 11) is 1.80. The second-order valence-electron chi connectivity index (χ2n) is 7.10. The monoisotopic (exact) mass is 508 g/mol. The standard InChI is InChI=1S/C21H28N6O.HI/c1-22-21(23-11-10-20-25-16-7-2-3-8-17(16)26-20)24-15-18(19-9-6-14-28-19)27-12-4-5-13-27;/h2-3,6-9,14,18H,4-5,10-13,15H2,1H3,(H,25,26)(H2,22,23,24);1H. The highest BCUT2D eigenvalue weighted by Crippen LogP contribution is 2.24. The number of fused-ring (bicyclic) bond motifs is 1. The van der Waals surface area contributed by atoms with Crippen molar-refractivity contribution >= 4 is 41.0 Å². The van der Waals surface area contributed by atoms with Gasteiger partial charge in [-0.1, -0.05) is 12.1 Å². The number of para-hydroxylation sites is 2. The topological polar surface area (TPSA) is 81.5 Å². The first kappa shape index (κ1) is 21.6. The van der Waals surface area contributed by atoms with Gasteiger partial charge in [-0.25, -0.2) is 4.98 Å². The largest absolute Gasteiger partial charge is 0.468 e. The zero-order chi connectivity index (χ0) is 19.2. The highest BCUT2D eigenvalue weighted by Gasteiger charge is 2.25. The summed E-state index contributed by atoms with van der Waals surface area (Å²) in [5.41, 5.74) is 2.08. The Morgan fingerprint density at radius 1 is 1.21 bits per heavy atom. The molecule has 0 aliphatic carbocycles. The SMILES string of the molecule is CN=C(NCCc1nc2ccccc2[nH]1)NCC(c1ccco1)N1CCCC1.I. The lowest BCUT2D eigenvalue weighted by molar-refractivity contribution is 0.215. The van der Waals surface area contributed by atoms with E-state index in [9.17, 15) is 0 Å². The van der Waals surface area contributed by atoms with Crippen molar-refractivity contribution in [3.8, 4) is 0 Å². The van der Waals surface area contributed by atoms with Gasteiger partial charge in [-0.2, -0.15) is 0 Å². The van der Waals surface area contributed by atoms with Crippen molar-refractivity contribution in [2.75, 3.05) is 33.2 Å². The fourth-order valence-corrected chi connectivity index (χ4v) is 3.78. The number of aromatic nitrogens is 2. The molecule has 0 saturated carbocycles. The van der Waals surface area contributed by atoms with Crippen LogP contribution in [0.15, 0.2) is 52.1 Å². The Kier molecular flexibility index (Phi) is 7.93. The number of likely N-dealkylation sites (tertiary alicyclic amines) is 1. The second-order valence-corrected chi connectivity index (χ2v) is 7.10. The van der Waals surface area contributed by atoms with E-state index in [1.165, 1.54) is 12.8 Å². The third kappa shape index (κ3) is 5.51. The number of benzene rings is 1. The predicted molar refractivity (Wildman–Crippen MR) is 127 cm³/mol. The molecule has 1 aliphatic rings. The quantitative estimate of drug-likeness (QED) is 0.259. The molecule has 3 aromatic rings. The Morgan fingerprint density at radius 2 is 2.03 bits per heavy atom. The van der Waals surface area contributed by atoms with E-state index in [0.717, 1.165) is 61.2 Å². The minimum atomic E-state index is 0. The molecule has 0 amide bonds. The molecule has 1 aliphatic heterocycles. The van der Waals surface area contributed by atoms with Gasteiger partial charge in [0, 0.05) is 26.6 Å². The van der Waals surface area contributed by atoms with Crippen LogP contribution in [0.2, 0.25) is 0 Å². The van der Waals surface area contributed by atoms with E-state index in [1.807, 2.05) is 30.3 Å². The molecule has 0 spiro atoms. The Morgan fingerprint density at radius 3 is 2.76 bits per heavy atom. The van der Waals surface area contributed by atoms with Crippen molar-refractivity contribution in [2.24, 2.45) is 4.99 Å². The number of rotatable bonds is 7. The van der Waals surface area contributed by atoms with Crippen molar-refractivity contribution in [1.29, 1.82) is 0 Å². The molecule has 0 bridgehead atoms. The summed E-state index contributed by atoms with van der Waals surface area (Å²) in [4.78, 5) is 14.8. The van der Waals surface area contributed by atoms with Crippen molar-refractivity contribution in [3.63, 3.8) is 0 Å². The van der Waals surface area contributed by atoms with Crippen LogP contribution in [0.1, 0.15) is 30.5 Å². The number of halogens is 1. The number of aliphatic imine (C=N–C) groups is 1. The molecular formula is C21H29IN6O. The molecule has 3 N–H and O–H groups in total. The van der Waals surface area contributed by atoms with Gasteiger partial charge in [-0.15, -0.1) is 24.0 Å². The highest BCUT2D eigenvalue weighted by molar-refractivity contribution is 14.0. The molecule has 1 saturated heterocycles. The lowest BCUT2D eigenvalue weighted by atomic mass is 10.2. The van der Waals surface area contributed by atoms with Crippen LogP contribution < -0.4 is 10.6 Å². The fraction of sp³-hybridized carbons (Fsp3) is 0.429. The first-order chi connectivity index (χ1) is 13.8. The van der Waals surface area contributed by atoms with Gasteiger partial charge in [0.05, 0.1) is 23.3 Å². The Balaban J connectivity index is 0.00000240. The number of imidazole rings is 1. The first-order valence-corrected chi connectivity index (χ1v) is 9.99. The predicted octanol–water partition coefficient (Wildman–Crippen LogP) is 3.32. The second kappa shape index (κ2) is 10.6. The average molecular weight is 508 g/mol. The smallest absolute Gasteiger partial charge is 0.191 e. The minimum absolute atomic E-state index is 0. The molecule has 1 atom stereocenters. The van der Waals surface area contributed by atoms with Gasteiger partial charge in [0.25, 0.3) is 0 Å². The normalized spacial score (nSPS) is 16.0. The van der Waals surface area contributed by atoms with E-state index < -0.39 is 0 Å². The summed E-state index contributed by atoms with van der Waals surface area (Å²) in [6, 6.07) is 12.3. The number of furan rings is 1. The van der Waals surface area contributed by atoms with E-state index in [-0.39, 0.29) is 30.0 Å². The number of hydrogen-bond donors (Lipinski definition) is 3. The third-order valence-corrected chi connectivity index (χ3v) is 5.23. The summed E-state index contributed by atoms with van der Waals surface area (Å²) in [6.07, 6.45) is 5.06. The molecule has 156 valence electrons. The van der Waals surface area contributed by atoms with Crippen LogP contribution >= 0.6 is 24.0 Å². The molecule has 4 rings (SSSR count). The molecule has 3 heterocycles. The number of nitrogens with zero attached hydrogens (tertiary/aromatic N) is 3. The summed E-state index contributed by atoms with van der Waals surface area (Å²) < 4.78 is 5.69. The van der Waals surface area contributed by atoms with Crippen molar-refractivity contribution < 1.29 is 4.42 Å². The molecule has 8 heteroatoms. The first-order valence-electron chi connectivity index (χ1n) is 9.99. The average Bonchev–Trinajstić information content (AvgIpc) is 3.48. The number of hydrogen-bond acceptors (Lipinski definition) is 4. The minimum Gasteiger partial charge on any atom is -0.468 e. The summed E-state index contributed by atoms with van der Waals surface area (Å²) in [5, 5.41) is 6.84. The van der Waals surface area contributed by atoms with Crippen LogP contribution in [0.5, 0.6) is 0 Å². The molecule has 1 aromatic carbocycles. The van der Waals surface area contributed by atoms with Crippen molar-refractivity contribution in [3.05, 3.63) is 54.2 Å². The molecule has 1 fully saturated rings. The van der Waals surface area contributed by atoms with Gasteiger partial charge >= 0.3 is 0 Å². The van der Waals surface area contributed by atoms with E-state index in [4.69, 9.17) is 4.42 Å². The lowest BCUT2D eigenvalue weighted by Crippen LogP contribution is -2.43. The van der Waals surface area contributed by atoms with Gasteiger partial charge in [0.15, 0.2) is 5.96 Å². The van der Waals surface area contributed by atoms with Crippen LogP contribution in [-0.4, -0.2) is 54.1 Å². The third-order valence-electron chi connectivity index (χ3n) is 5.23. The molecule has 1 unspecified atom stereocenters. The number of guanidine groups is 1. The van der Waals surface area contributed by atoms with Crippen LogP contribution in [-0.2, 0) is 6.42 Å². The Hall–Kier alpha value is -2.07. The number of aromatic amines is 1. The van der Waals surface area contributed by atoms with Gasteiger partial charge in [-0.05, 0) is 50.2 Å². The van der Waals surface area contributed by atoms with Crippen LogP contribution in [0.4, 0.5) is 0 Å². The highest BCUT2D eigenvalue weighted by atomic mass is 127. The number of nitrogens with one attached hydrogen (secondary N) is 3. The van der Waals surface area contributed by atoms with Gasteiger partial charge in [0.1, 0.15) is 11.6 Å². The Labute approximate surface area is 188 Å². The van der Waals surface area contributed by atoms with E-state index in [1.54, 1.807) is 13.3 Å². The maximum absolute atomic E-state index is 5.69. The summed E-state index contributed by atoms with van der Waals surface area (Å²) >= 11 is 0. The Bertz CT molecular complexity index is 868. The molecule has 7 nitrogen and oxygen atoms in total. The van der Waals surface area contributed by atoms with Crippen LogP contribution in [0.3, 0.4) is 0 Å².